The second kappa shape index (κ2) is 3.52. The number of rotatable bonds is 2. The molecule has 0 spiro atoms. The molecule has 2 rings (SSSR count). The molecule has 2 heterocycles. The van der Waals surface area contributed by atoms with E-state index in [-0.39, 0.29) is 0 Å². The van der Waals surface area contributed by atoms with Crippen LogP contribution in [-0.2, 0) is 0 Å². The molecule has 0 saturated carbocycles. The molecule has 1 fully saturated rings. The highest BCUT2D eigenvalue weighted by Gasteiger charge is 2.17. The van der Waals surface area contributed by atoms with Crippen molar-refractivity contribution in [2.75, 3.05) is 23.7 Å². The van der Waals surface area contributed by atoms with Crippen molar-refractivity contribution in [2.24, 2.45) is 0 Å². The lowest BCUT2D eigenvalue weighted by Gasteiger charge is -2.13. The average Bonchev–Trinajstić information content (AvgIpc) is 2.70. The Balaban J connectivity index is 2.22. The van der Waals surface area contributed by atoms with Gasteiger partial charge in [0.15, 0.2) is 5.82 Å². The number of hydrogen-bond donors (Lipinski definition) is 1. The van der Waals surface area contributed by atoms with E-state index in [0.717, 1.165) is 24.7 Å². The van der Waals surface area contributed by atoms with Gasteiger partial charge < -0.3 is 10.6 Å². The van der Waals surface area contributed by atoms with Crippen molar-refractivity contribution in [2.45, 2.75) is 32.7 Å². The van der Waals surface area contributed by atoms with E-state index in [2.05, 4.69) is 23.8 Å². The summed E-state index contributed by atoms with van der Waals surface area (Å²) in [5, 5.41) is 4.51. The summed E-state index contributed by atoms with van der Waals surface area (Å²) in [5.41, 5.74) is 5.88. The maximum absolute atomic E-state index is 5.88. The van der Waals surface area contributed by atoms with Crippen molar-refractivity contribution < 1.29 is 0 Å². The Bertz CT molecular complexity index is 310. The van der Waals surface area contributed by atoms with E-state index in [1.165, 1.54) is 12.8 Å². The van der Waals surface area contributed by atoms with Gasteiger partial charge in [0.2, 0.25) is 0 Å². The van der Waals surface area contributed by atoms with E-state index in [4.69, 9.17) is 5.73 Å². The Morgan fingerprint density at radius 2 is 2.00 bits per heavy atom. The Morgan fingerprint density at radius 3 is 2.50 bits per heavy atom. The molecule has 1 aliphatic heterocycles. The largest absolute Gasteiger partial charge is 0.384 e. The van der Waals surface area contributed by atoms with Crippen LogP contribution >= 0.6 is 0 Å². The van der Waals surface area contributed by atoms with Gasteiger partial charge >= 0.3 is 0 Å². The Hall–Kier alpha value is -1.19. The van der Waals surface area contributed by atoms with Crippen LogP contribution in [0.4, 0.5) is 11.6 Å². The molecular formula is C10H18N4. The fourth-order valence-electron chi connectivity index (χ4n) is 1.91. The first kappa shape index (κ1) is 9.37. The summed E-state index contributed by atoms with van der Waals surface area (Å²) in [6, 6.07) is 2.32. The minimum absolute atomic E-state index is 0.339. The van der Waals surface area contributed by atoms with Crippen LogP contribution in [0.5, 0.6) is 0 Å². The van der Waals surface area contributed by atoms with Gasteiger partial charge in [0.1, 0.15) is 5.82 Å². The van der Waals surface area contributed by atoms with Crippen LogP contribution in [0.1, 0.15) is 32.7 Å². The summed E-state index contributed by atoms with van der Waals surface area (Å²) >= 11 is 0. The summed E-state index contributed by atoms with van der Waals surface area (Å²) in [4.78, 5) is 2.30. The van der Waals surface area contributed by atoms with Crippen molar-refractivity contribution in [1.82, 2.24) is 9.78 Å². The molecule has 2 N–H and O–H groups in total. The topological polar surface area (TPSA) is 47.1 Å². The van der Waals surface area contributed by atoms with Crippen molar-refractivity contribution in [1.29, 1.82) is 0 Å². The number of nitrogen functional groups attached to an aromatic ring is 1. The zero-order valence-electron chi connectivity index (χ0n) is 8.90. The van der Waals surface area contributed by atoms with Gasteiger partial charge in [-0.15, -0.1) is 0 Å². The Kier molecular flexibility index (Phi) is 2.35. The zero-order chi connectivity index (χ0) is 10.1. The highest BCUT2D eigenvalue weighted by atomic mass is 15.4. The monoisotopic (exact) mass is 194 g/mol. The molecular weight excluding hydrogens is 176 g/mol. The summed E-state index contributed by atoms with van der Waals surface area (Å²) in [6.45, 7) is 6.43. The van der Waals surface area contributed by atoms with Gasteiger partial charge in [0.25, 0.3) is 0 Å². The second-order valence-corrected chi connectivity index (χ2v) is 4.16. The predicted molar refractivity (Wildman–Crippen MR) is 58.5 cm³/mol. The molecule has 4 nitrogen and oxygen atoms in total. The lowest BCUT2D eigenvalue weighted by Crippen LogP contribution is -2.18. The van der Waals surface area contributed by atoms with E-state index in [9.17, 15) is 0 Å². The molecule has 1 saturated heterocycles. The van der Waals surface area contributed by atoms with Gasteiger partial charge in [-0.1, -0.05) is 0 Å². The normalized spacial score (nSPS) is 16.9. The zero-order valence-corrected chi connectivity index (χ0v) is 8.90. The highest BCUT2D eigenvalue weighted by Crippen LogP contribution is 2.22. The van der Waals surface area contributed by atoms with Crippen LogP contribution in [0.3, 0.4) is 0 Å². The van der Waals surface area contributed by atoms with Crippen molar-refractivity contribution in [3.63, 3.8) is 0 Å². The maximum atomic E-state index is 5.88. The summed E-state index contributed by atoms with van der Waals surface area (Å²) in [5.74, 6) is 1.80. The first-order chi connectivity index (χ1) is 6.68. The second-order valence-electron chi connectivity index (χ2n) is 4.16. The lowest BCUT2D eigenvalue weighted by atomic mass is 10.4. The van der Waals surface area contributed by atoms with Gasteiger partial charge in [-0.05, 0) is 26.7 Å². The molecule has 1 aromatic heterocycles. The Labute approximate surface area is 84.7 Å². The van der Waals surface area contributed by atoms with Crippen molar-refractivity contribution in [3.8, 4) is 0 Å². The van der Waals surface area contributed by atoms with Crippen LogP contribution in [-0.4, -0.2) is 22.9 Å². The molecule has 0 atom stereocenters. The molecule has 0 radical (unpaired) electrons. The first-order valence-corrected chi connectivity index (χ1v) is 5.28. The van der Waals surface area contributed by atoms with Crippen molar-refractivity contribution >= 4 is 11.6 Å². The summed E-state index contributed by atoms with van der Waals surface area (Å²) < 4.78 is 1.88. The fraction of sp³-hybridized carbons (Fsp3) is 0.700. The molecule has 0 bridgehead atoms. The molecule has 14 heavy (non-hydrogen) atoms. The third-order valence-corrected chi connectivity index (χ3v) is 2.67. The molecule has 0 aromatic carbocycles. The van der Waals surface area contributed by atoms with Crippen LogP contribution in [0, 0.1) is 0 Å². The third-order valence-electron chi connectivity index (χ3n) is 2.67. The standard InChI is InChI=1S/C10H18N4/c1-8(2)14-9(11)7-10(12-14)13-5-3-4-6-13/h7-8H,3-6,11H2,1-2H3. The summed E-state index contributed by atoms with van der Waals surface area (Å²) in [6.07, 6.45) is 2.54. The number of nitrogens with two attached hydrogens (primary N) is 1. The predicted octanol–water partition coefficient (Wildman–Crippen LogP) is 1.65. The highest BCUT2D eigenvalue weighted by molar-refractivity contribution is 5.48. The number of anilines is 2. The van der Waals surface area contributed by atoms with E-state index < -0.39 is 0 Å². The van der Waals surface area contributed by atoms with Gasteiger partial charge in [-0.2, -0.15) is 5.10 Å². The molecule has 0 unspecified atom stereocenters. The summed E-state index contributed by atoms with van der Waals surface area (Å²) in [7, 11) is 0. The Morgan fingerprint density at radius 1 is 1.36 bits per heavy atom. The number of hydrogen-bond acceptors (Lipinski definition) is 3. The average molecular weight is 194 g/mol. The van der Waals surface area contributed by atoms with Crippen LogP contribution < -0.4 is 10.6 Å². The maximum Gasteiger partial charge on any atom is 0.152 e. The van der Waals surface area contributed by atoms with Gasteiger partial charge in [0, 0.05) is 25.2 Å². The molecule has 1 aliphatic rings. The van der Waals surface area contributed by atoms with Crippen LogP contribution in [0.25, 0.3) is 0 Å². The van der Waals surface area contributed by atoms with E-state index in [1.807, 2.05) is 10.7 Å². The third kappa shape index (κ3) is 1.56. The van der Waals surface area contributed by atoms with Crippen LogP contribution in [0.15, 0.2) is 6.07 Å². The number of aromatic nitrogens is 2. The van der Waals surface area contributed by atoms with Gasteiger partial charge in [0.05, 0.1) is 0 Å². The smallest absolute Gasteiger partial charge is 0.152 e. The molecule has 0 aliphatic carbocycles. The number of nitrogens with zero attached hydrogens (tertiary/aromatic N) is 3. The van der Waals surface area contributed by atoms with Gasteiger partial charge in [-0.3, -0.25) is 0 Å². The van der Waals surface area contributed by atoms with E-state index >= 15 is 0 Å². The molecule has 78 valence electrons. The quantitative estimate of drug-likeness (QED) is 0.778. The molecule has 0 amide bonds. The van der Waals surface area contributed by atoms with Gasteiger partial charge in [-0.25, -0.2) is 4.68 Å². The first-order valence-electron chi connectivity index (χ1n) is 5.28. The minimum Gasteiger partial charge on any atom is -0.384 e. The molecule has 4 heteroatoms. The molecule has 1 aromatic rings. The lowest BCUT2D eigenvalue weighted by molar-refractivity contribution is 0.540. The van der Waals surface area contributed by atoms with Crippen molar-refractivity contribution in [3.05, 3.63) is 6.07 Å². The van der Waals surface area contributed by atoms with E-state index in [0.29, 0.717) is 6.04 Å². The SMILES string of the molecule is CC(C)n1nc(N2CCCC2)cc1N. The fourth-order valence-corrected chi connectivity index (χ4v) is 1.91. The van der Waals surface area contributed by atoms with Crippen LogP contribution in [0.2, 0.25) is 0 Å². The minimum atomic E-state index is 0.339. The van der Waals surface area contributed by atoms with E-state index in [1.54, 1.807) is 0 Å².